The van der Waals surface area contributed by atoms with Gasteiger partial charge in [-0.25, -0.2) is 0 Å². The summed E-state index contributed by atoms with van der Waals surface area (Å²) in [6.07, 6.45) is 8.65. The molecule has 0 fully saturated rings. The van der Waals surface area contributed by atoms with Crippen molar-refractivity contribution in [3.63, 3.8) is 0 Å². The second-order valence-corrected chi connectivity index (χ2v) is 8.09. The average molecular weight is 455 g/mol. The highest BCUT2D eigenvalue weighted by molar-refractivity contribution is 6.32. The predicted molar refractivity (Wildman–Crippen MR) is 137 cm³/mol. The zero-order chi connectivity index (χ0) is 23.5. The topological polar surface area (TPSA) is 44.7 Å². The Labute approximate surface area is 197 Å². The van der Waals surface area contributed by atoms with Crippen molar-refractivity contribution in [2.75, 3.05) is 32.8 Å². The Morgan fingerprint density at radius 3 is 2.72 bits per heavy atom. The van der Waals surface area contributed by atoms with Gasteiger partial charge in [-0.3, -0.25) is 4.90 Å². The molecule has 1 aromatic rings. The van der Waals surface area contributed by atoms with E-state index in [1.165, 1.54) is 11.3 Å². The van der Waals surface area contributed by atoms with Crippen LogP contribution in [0.25, 0.3) is 5.57 Å². The lowest BCUT2D eigenvalue weighted by atomic mass is 10.0. The summed E-state index contributed by atoms with van der Waals surface area (Å²) < 4.78 is 5.69. The van der Waals surface area contributed by atoms with Crippen molar-refractivity contribution in [1.82, 2.24) is 10.2 Å². The van der Waals surface area contributed by atoms with E-state index in [2.05, 4.69) is 30.3 Å². The van der Waals surface area contributed by atoms with Crippen LogP contribution in [0, 0.1) is 0 Å². The fraction of sp³-hybridized carbons (Fsp3) is 0.333. The smallest absolute Gasteiger partial charge is 0.126 e. The van der Waals surface area contributed by atoms with Crippen LogP contribution in [0.2, 0.25) is 0 Å². The third-order valence-corrected chi connectivity index (χ3v) is 5.72. The largest absolute Gasteiger partial charge is 0.491 e. The molecule has 1 aliphatic heterocycles. The fourth-order valence-electron chi connectivity index (χ4n) is 3.62. The van der Waals surface area contributed by atoms with Gasteiger partial charge >= 0.3 is 0 Å². The summed E-state index contributed by atoms with van der Waals surface area (Å²) in [6, 6.07) is 7.85. The summed E-state index contributed by atoms with van der Waals surface area (Å²) >= 11 is 6.42. The Morgan fingerprint density at radius 1 is 1.31 bits per heavy atom. The van der Waals surface area contributed by atoms with Crippen LogP contribution in [0.15, 0.2) is 89.3 Å². The number of hydrogen-bond donors (Lipinski definition) is 2. The van der Waals surface area contributed by atoms with Gasteiger partial charge in [-0.05, 0) is 38.8 Å². The second-order valence-electron chi connectivity index (χ2n) is 7.68. The minimum Gasteiger partial charge on any atom is -0.491 e. The summed E-state index contributed by atoms with van der Waals surface area (Å²) in [5, 5.41) is 13.3. The highest BCUT2D eigenvalue weighted by Gasteiger charge is 2.20. The van der Waals surface area contributed by atoms with Gasteiger partial charge < -0.3 is 15.2 Å². The first-order valence-electron chi connectivity index (χ1n) is 11.0. The van der Waals surface area contributed by atoms with Crippen LogP contribution in [0.3, 0.4) is 0 Å². The Hall–Kier alpha value is -2.53. The van der Waals surface area contributed by atoms with Crippen molar-refractivity contribution >= 4 is 17.2 Å². The molecule has 0 atom stereocenters. The zero-order valence-electron chi connectivity index (χ0n) is 19.5. The van der Waals surface area contributed by atoms with E-state index in [1.807, 2.05) is 56.3 Å². The number of rotatable bonds is 11. The normalized spacial score (nSPS) is 16.2. The molecule has 2 N–H and O–H groups in total. The molecule has 2 rings (SSSR count). The molecular weight excluding hydrogens is 420 g/mol. The Kier molecular flexibility index (Phi) is 10.5. The second kappa shape index (κ2) is 13.1. The first-order valence-corrected chi connectivity index (χ1v) is 11.3. The maximum atomic E-state index is 9.09. The van der Waals surface area contributed by atoms with Crippen LogP contribution in [0.4, 0.5) is 0 Å². The number of aliphatic hydroxyl groups excluding tert-OH is 1. The van der Waals surface area contributed by atoms with Crippen LogP contribution >= 0.6 is 11.6 Å². The summed E-state index contributed by atoms with van der Waals surface area (Å²) in [4.78, 5) is 2.38. The first-order chi connectivity index (χ1) is 15.4. The van der Waals surface area contributed by atoms with E-state index >= 15 is 0 Å². The number of ether oxygens (including phenoxy) is 1. The minimum atomic E-state index is -0.0150. The number of para-hydroxylation sites is 1. The van der Waals surface area contributed by atoms with Crippen molar-refractivity contribution in [3.8, 4) is 5.75 Å². The van der Waals surface area contributed by atoms with Gasteiger partial charge in [0.2, 0.25) is 0 Å². The van der Waals surface area contributed by atoms with E-state index < -0.39 is 0 Å². The molecule has 0 bridgehead atoms. The molecule has 0 saturated heterocycles. The monoisotopic (exact) mass is 454 g/mol. The lowest BCUT2D eigenvalue weighted by Crippen LogP contribution is -2.37. The molecule has 0 saturated carbocycles. The van der Waals surface area contributed by atoms with E-state index in [9.17, 15) is 0 Å². The summed E-state index contributed by atoms with van der Waals surface area (Å²) in [7, 11) is 0. The Balaban J connectivity index is 2.15. The molecule has 0 unspecified atom stereocenters. The Bertz CT molecular complexity index is 941. The number of hydrogen-bond acceptors (Lipinski definition) is 4. The third-order valence-electron chi connectivity index (χ3n) is 5.37. The SMILES string of the molecule is C=C/C(Cl)=C(\C=C/C)C(=C/C)/NC1=C(C)CCN(CC(=C)c2ccccc2OCCO)C1. The van der Waals surface area contributed by atoms with Crippen LogP contribution < -0.4 is 10.1 Å². The van der Waals surface area contributed by atoms with Gasteiger partial charge in [0.15, 0.2) is 0 Å². The van der Waals surface area contributed by atoms with Gasteiger partial charge in [0, 0.05) is 47.2 Å². The summed E-state index contributed by atoms with van der Waals surface area (Å²) in [5.74, 6) is 0.755. The van der Waals surface area contributed by atoms with Crippen molar-refractivity contribution < 1.29 is 9.84 Å². The quantitative estimate of drug-likeness (QED) is 0.415. The molecule has 0 radical (unpaired) electrons. The molecule has 4 nitrogen and oxygen atoms in total. The van der Waals surface area contributed by atoms with Crippen molar-refractivity contribution in [2.45, 2.75) is 27.2 Å². The van der Waals surface area contributed by atoms with Crippen molar-refractivity contribution in [3.05, 3.63) is 94.9 Å². The number of nitrogens with zero attached hydrogens (tertiary/aromatic N) is 1. The van der Waals surface area contributed by atoms with Gasteiger partial charge in [-0.2, -0.15) is 0 Å². The molecule has 0 aromatic heterocycles. The molecule has 172 valence electrons. The summed E-state index contributed by atoms with van der Waals surface area (Å²) in [5.41, 5.74) is 6.37. The van der Waals surface area contributed by atoms with E-state index in [-0.39, 0.29) is 13.2 Å². The van der Waals surface area contributed by atoms with Gasteiger partial charge in [0.05, 0.1) is 6.61 Å². The van der Waals surface area contributed by atoms with Gasteiger partial charge in [-0.15, -0.1) is 0 Å². The Morgan fingerprint density at radius 2 is 2.06 bits per heavy atom. The van der Waals surface area contributed by atoms with Crippen molar-refractivity contribution in [2.24, 2.45) is 0 Å². The number of allylic oxidation sites excluding steroid dienone is 5. The first kappa shape index (κ1) is 25.7. The molecule has 0 aliphatic carbocycles. The lowest BCUT2D eigenvalue weighted by molar-refractivity contribution is 0.201. The zero-order valence-corrected chi connectivity index (χ0v) is 20.2. The number of nitrogens with one attached hydrogen (secondary N) is 1. The van der Waals surface area contributed by atoms with E-state index in [0.29, 0.717) is 5.03 Å². The number of aliphatic hydroxyl groups is 1. The fourth-order valence-corrected chi connectivity index (χ4v) is 3.79. The molecule has 1 heterocycles. The van der Waals surface area contributed by atoms with E-state index in [1.54, 1.807) is 6.08 Å². The molecule has 0 amide bonds. The van der Waals surface area contributed by atoms with E-state index in [4.69, 9.17) is 21.4 Å². The standard InChI is InChI=1S/C27H35ClN2O2/c1-6-11-23(24(28)7-2)25(8-3)29-26-19-30(15-14-20(26)4)18-21(5)22-12-9-10-13-27(22)32-17-16-31/h6-13,29,31H,2,5,14-19H2,1,3-4H3/b11-6-,24-23-,25-8-. The van der Waals surface area contributed by atoms with Gasteiger partial charge in [0.1, 0.15) is 12.4 Å². The van der Waals surface area contributed by atoms with Gasteiger partial charge in [-0.1, -0.05) is 72.8 Å². The van der Waals surface area contributed by atoms with Crippen LogP contribution in [-0.2, 0) is 0 Å². The van der Waals surface area contributed by atoms with Crippen LogP contribution in [-0.4, -0.2) is 42.9 Å². The highest BCUT2D eigenvalue weighted by atomic mass is 35.5. The van der Waals surface area contributed by atoms with Crippen molar-refractivity contribution in [1.29, 1.82) is 0 Å². The molecule has 0 spiro atoms. The predicted octanol–water partition coefficient (Wildman–Crippen LogP) is 5.80. The molecule has 32 heavy (non-hydrogen) atoms. The van der Waals surface area contributed by atoms with Gasteiger partial charge in [0.25, 0.3) is 0 Å². The molecular formula is C27H35ClN2O2. The maximum Gasteiger partial charge on any atom is 0.126 e. The third kappa shape index (κ3) is 6.99. The lowest BCUT2D eigenvalue weighted by Gasteiger charge is -2.32. The van der Waals surface area contributed by atoms with E-state index in [0.717, 1.165) is 54.2 Å². The highest BCUT2D eigenvalue weighted by Crippen LogP contribution is 2.28. The molecule has 1 aliphatic rings. The molecule has 1 aromatic carbocycles. The van der Waals surface area contributed by atoms with Crippen LogP contribution in [0.1, 0.15) is 32.8 Å². The number of halogens is 1. The number of benzene rings is 1. The minimum absolute atomic E-state index is 0.0150. The molecule has 5 heteroatoms. The maximum absolute atomic E-state index is 9.09. The average Bonchev–Trinajstić information content (AvgIpc) is 2.81. The summed E-state index contributed by atoms with van der Waals surface area (Å²) in [6.45, 7) is 17.0. The van der Waals surface area contributed by atoms with Crippen LogP contribution in [0.5, 0.6) is 5.75 Å².